The van der Waals surface area contributed by atoms with Gasteiger partial charge in [0.05, 0.1) is 13.2 Å². The number of azide groups is 1. The summed E-state index contributed by atoms with van der Waals surface area (Å²) >= 11 is 0. The van der Waals surface area contributed by atoms with Crippen molar-refractivity contribution in [3.05, 3.63) is 10.4 Å². The first kappa shape index (κ1) is 26.1. The van der Waals surface area contributed by atoms with Gasteiger partial charge in [-0.15, -0.1) is 0 Å². The molecule has 0 aromatic heterocycles. The first-order valence-electron chi connectivity index (χ1n) is 12.7. The number of rotatable bonds is 12. The Bertz CT molecular complexity index is 545. The van der Waals surface area contributed by atoms with Gasteiger partial charge >= 0.3 is 0 Å². The normalized spacial score (nSPS) is 24.7. The Labute approximate surface area is 188 Å². The molecule has 31 heavy (non-hydrogen) atoms. The third-order valence-corrected chi connectivity index (χ3v) is 6.77. The average molecular weight is 437 g/mol. The Kier molecular flexibility index (Phi) is 13.2. The van der Waals surface area contributed by atoms with Crippen LogP contribution in [0.5, 0.6) is 0 Å². The van der Waals surface area contributed by atoms with Gasteiger partial charge in [-0.3, -0.25) is 9.69 Å². The molecule has 0 saturated carbocycles. The lowest BCUT2D eigenvalue weighted by Gasteiger charge is -2.37. The van der Waals surface area contributed by atoms with Gasteiger partial charge in [-0.25, -0.2) is 0 Å². The summed E-state index contributed by atoms with van der Waals surface area (Å²) in [5, 5.41) is 3.75. The van der Waals surface area contributed by atoms with E-state index in [4.69, 9.17) is 15.0 Å². The third-order valence-electron chi connectivity index (χ3n) is 6.77. The maximum absolute atomic E-state index is 11.7. The second kappa shape index (κ2) is 15.6. The van der Waals surface area contributed by atoms with Gasteiger partial charge in [0.1, 0.15) is 5.78 Å². The second-order valence-electron chi connectivity index (χ2n) is 9.20. The molecule has 0 aromatic carbocycles. The number of hydrogen-bond acceptors (Lipinski definition) is 5. The monoisotopic (exact) mass is 436 g/mol. The zero-order valence-corrected chi connectivity index (χ0v) is 19.8. The molecule has 178 valence electrons. The van der Waals surface area contributed by atoms with Crippen molar-refractivity contribution in [1.29, 1.82) is 0 Å². The summed E-state index contributed by atoms with van der Waals surface area (Å²) < 4.78 is 10.6. The minimum absolute atomic E-state index is 0.0318. The maximum Gasteiger partial charge on any atom is 0.158 e. The van der Waals surface area contributed by atoms with Crippen LogP contribution in [0.4, 0.5) is 0 Å². The van der Waals surface area contributed by atoms with Crippen molar-refractivity contribution in [2.45, 2.75) is 128 Å². The topological polar surface area (TPSA) is 87.5 Å². The van der Waals surface area contributed by atoms with E-state index in [0.29, 0.717) is 32.5 Å². The summed E-state index contributed by atoms with van der Waals surface area (Å²) in [6.45, 7) is 7.04. The van der Waals surface area contributed by atoms with E-state index in [0.717, 1.165) is 37.8 Å². The van der Waals surface area contributed by atoms with Crippen molar-refractivity contribution in [2.24, 2.45) is 5.11 Å². The molecular weight excluding hydrogens is 392 g/mol. The molecule has 7 nitrogen and oxygen atoms in total. The summed E-state index contributed by atoms with van der Waals surface area (Å²) in [5.41, 5.74) is 8.44. The van der Waals surface area contributed by atoms with E-state index in [1.807, 2.05) is 0 Å². The molecule has 0 bridgehead atoms. The van der Waals surface area contributed by atoms with Gasteiger partial charge in [-0.2, -0.15) is 0 Å². The lowest BCUT2D eigenvalue weighted by atomic mass is 9.94. The maximum atomic E-state index is 11.7. The zero-order valence-electron chi connectivity index (χ0n) is 19.8. The van der Waals surface area contributed by atoms with Gasteiger partial charge < -0.3 is 9.47 Å². The van der Waals surface area contributed by atoms with Crippen molar-refractivity contribution in [3.63, 3.8) is 0 Å². The van der Waals surface area contributed by atoms with Gasteiger partial charge in [0, 0.05) is 42.3 Å². The summed E-state index contributed by atoms with van der Waals surface area (Å²) in [6, 6.07) is 1.97. The molecule has 0 N–H and O–H groups in total. The number of nitrogens with zero attached hydrogens (tertiary/aromatic N) is 4. The number of hydrogen-bond donors (Lipinski definition) is 0. The van der Waals surface area contributed by atoms with Crippen LogP contribution < -0.4 is 0 Å². The van der Waals surface area contributed by atoms with E-state index in [1.54, 1.807) is 0 Å². The highest BCUT2D eigenvalue weighted by molar-refractivity contribution is 5.78. The fraction of sp³-hybridized carbons (Fsp3) is 0.958. The predicted octanol–water partition coefficient (Wildman–Crippen LogP) is 6.16. The highest BCUT2D eigenvalue weighted by Gasteiger charge is 2.32. The molecule has 3 fully saturated rings. The second-order valence-corrected chi connectivity index (χ2v) is 9.20. The van der Waals surface area contributed by atoms with Crippen LogP contribution in [0.15, 0.2) is 5.11 Å². The highest BCUT2D eigenvalue weighted by Crippen LogP contribution is 2.32. The Hall–Kier alpha value is -1.14. The highest BCUT2D eigenvalue weighted by atomic mass is 16.7. The van der Waals surface area contributed by atoms with Crippen molar-refractivity contribution in [1.82, 2.24) is 4.90 Å². The minimum Gasteiger partial charge on any atom is -0.350 e. The van der Waals surface area contributed by atoms with E-state index in [9.17, 15) is 4.79 Å². The molecule has 3 aliphatic rings. The molecule has 0 unspecified atom stereocenters. The summed E-state index contributed by atoms with van der Waals surface area (Å²) in [7, 11) is 0. The SMILES string of the molecule is CCC[C@@H]1CCC[C@@H]2CCCN21.CCC[C@H](CCCC(=O)CCC1OCCO1)N=[N+]=[N-]. The van der Waals surface area contributed by atoms with Gasteiger partial charge in [0.25, 0.3) is 0 Å². The van der Waals surface area contributed by atoms with Crippen molar-refractivity contribution in [3.8, 4) is 0 Å². The van der Waals surface area contributed by atoms with Crippen LogP contribution in [0, 0.1) is 0 Å². The van der Waals surface area contributed by atoms with E-state index in [-0.39, 0.29) is 18.1 Å². The molecule has 3 saturated heterocycles. The van der Waals surface area contributed by atoms with Crippen molar-refractivity contribution < 1.29 is 14.3 Å². The van der Waals surface area contributed by atoms with Crippen LogP contribution >= 0.6 is 0 Å². The molecule has 0 amide bonds. The lowest BCUT2D eigenvalue weighted by molar-refractivity contribution is -0.121. The number of Topliss-reactive ketones (excluding diaryl/α,β-unsaturated/α-hetero) is 1. The van der Waals surface area contributed by atoms with E-state index in [2.05, 4.69) is 28.8 Å². The van der Waals surface area contributed by atoms with Crippen LogP contribution in [0.25, 0.3) is 10.4 Å². The van der Waals surface area contributed by atoms with Crippen LogP contribution in [0.2, 0.25) is 0 Å². The molecule has 0 spiro atoms. The van der Waals surface area contributed by atoms with Gasteiger partial charge in [-0.1, -0.05) is 38.2 Å². The minimum atomic E-state index is -0.194. The van der Waals surface area contributed by atoms with Crippen LogP contribution in [0.1, 0.15) is 104 Å². The number of ketones is 1. The summed E-state index contributed by atoms with van der Waals surface area (Å²) in [5.74, 6) is 0.232. The quantitative estimate of drug-likeness (QED) is 0.208. The summed E-state index contributed by atoms with van der Waals surface area (Å²) in [6.07, 6.45) is 15.2. The number of ether oxygens (including phenoxy) is 2. The van der Waals surface area contributed by atoms with Crippen molar-refractivity contribution >= 4 is 5.78 Å². The number of carbonyl (C=O) groups excluding carboxylic acids is 1. The first-order valence-corrected chi connectivity index (χ1v) is 12.7. The average Bonchev–Trinajstić information content (AvgIpc) is 3.46. The Balaban J connectivity index is 0.000000242. The molecule has 0 radical (unpaired) electrons. The van der Waals surface area contributed by atoms with Crippen LogP contribution in [0.3, 0.4) is 0 Å². The van der Waals surface area contributed by atoms with Crippen LogP contribution in [-0.2, 0) is 14.3 Å². The van der Waals surface area contributed by atoms with Gasteiger partial charge in [-0.05, 0) is 63.4 Å². The fourth-order valence-corrected chi connectivity index (χ4v) is 5.23. The molecule has 3 rings (SSSR count). The summed E-state index contributed by atoms with van der Waals surface area (Å²) in [4.78, 5) is 17.3. The largest absolute Gasteiger partial charge is 0.350 e. The zero-order chi connectivity index (χ0) is 22.3. The van der Waals surface area contributed by atoms with Gasteiger partial charge in [0.15, 0.2) is 6.29 Å². The number of carbonyl (C=O) groups is 1. The fourth-order valence-electron chi connectivity index (χ4n) is 5.23. The first-order chi connectivity index (χ1) is 15.2. The van der Waals surface area contributed by atoms with Crippen LogP contribution in [-0.4, -0.2) is 54.9 Å². The predicted molar refractivity (Wildman–Crippen MR) is 124 cm³/mol. The molecule has 7 heteroatoms. The Morgan fingerprint density at radius 2 is 1.84 bits per heavy atom. The van der Waals surface area contributed by atoms with E-state index < -0.39 is 0 Å². The Morgan fingerprint density at radius 1 is 1.06 bits per heavy atom. The standard InChI is InChI=1S/C13H23N3O3.C11H21N/c1-2-4-11(15-16-14)5-3-6-12(17)7-8-13-18-9-10-19-13;1-2-5-10-6-3-7-11-8-4-9-12(10)11/h11,13H,2-10H2,1H3;10-11H,2-9H2,1H3/t11-;10-,11-/m11/s1. The lowest BCUT2D eigenvalue weighted by Crippen LogP contribution is -2.42. The number of piperidine rings is 1. The van der Waals surface area contributed by atoms with Crippen molar-refractivity contribution in [2.75, 3.05) is 19.8 Å². The molecule has 0 aliphatic carbocycles. The van der Waals surface area contributed by atoms with Gasteiger partial charge in [0.2, 0.25) is 0 Å². The molecule has 3 atom stereocenters. The molecular formula is C24H44N4O3. The molecule has 3 aliphatic heterocycles. The van der Waals surface area contributed by atoms with E-state index in [1.165, 1.54) is 51.5 Å². The van der Waals surface area contributed by atoms with E-state index >= 15 is 0 Å². The molecule has 3 heterocycles. The third kappa shape index (κ3) is 9.90. The molecule has 0 aromatic rings. The number of fused-ring (bicyclic) bond motifs is 1. The smallest absolute Gasteiger partial charge is 0.158 e. The Morgan fingerprint density at radius 3 is 2.55 bits per heavy atom.